The van der Waals surface area contributed by atoms with Crippen molar-refractivity contribution in [2.75, 3.05) is 4.90 Å². The van der Waals surface area contributed by atoms with Gasteiger partial charge >= 0.3 is 0 Å². The van der Waals surface area contributed by atoms with E-state index in [1.807, 2.05) is 18.2 Å². The van der Waals surface area contributed by atoms with Gasteiger partial charge in [0.05, 0.1) is 0 Å². The largest absolute Gasteiger partial charge is 0.456 e. The van der Waals surface area contributed by atoms with Gasteiger partial charge in [-0.3, -0.25) is 0 Å². The van der Waals surface area contributed by atoms with E-state index >= 15 is 0 Å². The molecule has 0 saturated heterocycles. The molecule has 0 spiro atoms. The van der Waals surface area contributed by atoms with Gasteiger partial charge in [0.25, 0.3) is 0 Å². The number of hydrogen-bond acceptors (Lipinski definition) is 2. The normalized spacial score (nSPS) is 11.3. The number of fused-ring (bicyclic) bond motifs is 3. The van der Waals surface area contributed by atoms with Gasteiger partial charge in [0.2, 0.25) is 0 Å². The maximum absolute atomic E-state index is 6.31. The van der Waals surface area contributed by atoms with Crippen LogP contribution in [-0.2, 0) is 0 Å². The minimum atomic E-state index is 0.871. The standard InChI is InChI=1S/C52H35NO/c1-2-12-41-34-42(21-20-36(41)10-1)37-22-28-44(29-23-37)53(45-30-24-39(25-31-45)48-18-9-14-38-11-3-5-15-47(38)48)46-32-26-40(27-33-46)49-16-6-7-17-50(49)52-35-43-13-4-8-19-51(43)54-52/h1-35H. The Morgan fingerprint density at radius 3 is 1.50 bits per heavy atom. The molecule has 1 aromatic heterocycles. The molecular formula is C52H35NO. The van der Waals surface area contributed by atoms with E-state index in [9.17, 15) is 0 Å². The molecule has 10 aromatic rings. The van der Waals surface area contributed by atoms with Gasteiger partial charge in [-0.25, -0.2) is 0 Å². The van der Waals surface area contributed by atoms with Crippen LogP contribution in [0, 0.1) is 0 Å². The van der Waals surface area contributed by atoms with Crippen LogP contribution in [0.25, 0.3) is 77.2 Å². The lowest BCUT2D eigenvalue weighted by Crippen LogP contribution is -2.09. The third kappa shape index (κ3) is 5.81. The number of furan rings is 1. The molecule has 0 bridgehead atoms. The number of anilines is 3. The second kappa shape index (κ2) is 13.4. The maximum atomic E-state index is 6.31. The van der Waals surface area contributed by atoms with Crippen LogP contribution in [0.3, 0.4) is 0 Å². The Bertz CT molecular complexity index is 2880. The quantitative estimate of drug-likeness (QED) is 0.166. The highest BCUT2D eigenvalue weighted by Gasteiger charge is 2.16. The summed E-state index contributed by atoms with van der Waals surface area (Å²) in [5.74, 6) is 0.871. The van der Waals surface area contributed by atoms with Gasteiger partial charge in [-0.15, -0.1) is 0 Å². The van der Waals surface area contributed by atoms with Crippen molar-refractivity contribution in [3.63, 3.8) is 0 Å². The van der Waals surface area contributed by atoms with Gasteiger partial charge in [-0.2, -0.15) is 0 Å². The summed E-state index contributed by atoms with van der Waals surface area (Å²) in [7, 11) is 0. The van der Waals surface area contributed by atoms with Gasteiger partial charge in [-0.1, -0.05) is 158 Å². The molecule has 0 amide bonds. The van der Waals surface area contributed by atoms with Crippen LogP contribution < -0.4 is 4.90 Å². The van der Waals surface area contributed by atoms with Gasteiger partial charge in [-0.05, 0) is 110 Å². The summed E-state index contributed by atoms with van der Waals surface area (Å²) in [6.07, 6.45) is 0. The monoisotopic (exact) mass is 689 g/mol. The Hall–Kier alpha value is -7.16. The number of para-hydroxylation sites is 1. The molecule has 54 heavy (non-hydrogen) atoms. The molecule has 0 aliphatic heterocycles. The van der Waals surface area contributed by atoms with Crippen molar-refractivity contribution in [2.24, 2.45) is 0 Å². The van der Waals surface area contributed by atoms with Crippen molar-refractivity contribution in [1.82, 2.24) is 0 Å². The van der Waals surface area contributed by atoms with Gasteiger partial charge in [0.15, 0.2) is 0 Å². The van der Waals surface area contributed by atoms with Crippen LogP contribution in [0.4, 0.5) is 17.1 Å². The van der Waals surface area contributed by atoms with E-state index in [2.05, 4.69) is 199 Å². The Morgan fingerprint density at radius 2 is 0.796 bits per heavy atom. The number of benzene rings is 9. The van der Waals surface area contributed by atoms with Crippen molar-refractivity contribution in [3.05, 3.63) is 212 Å². The first-order chi connectivity index (χ1) is 26.7. The van der Waals surface area contributed by atoms with E-state index in [0.717, 1.165) is 50.5 Å². The molecule has 2 heteroatoms. The molecule has 9 aromatic carbocycles. The minimum absolute atomic E-state index is 0.871. The smallest absolute Gasteiger partial charge is 0.136 e. The highest BCUT2D eigenvalue weighted by Crippen LogP contribution is 2.40. The molecule has 0 radical (unpaired) electrons. The second-order valence-corrected chi connectivity index (χ2v) is 13.8. The van der Waals surface area contributed by atoms with Crippen molar-refractivity contribution in [1.29, 1.82) is 0 Å². The molecule has 0 atom stereocenters. The molecule has 2 nitrogen and oxygen atoms in total. The SMILES string of the molecule is c1ccc(-c2cc3ccccc3o2)c(-c2ccc(N(c3ccc(-c4ccc5ccccc5c4)cc3)c3ccc(-c4cccc5ccccc45)cc3)cc2)c1. The Balaban J connectivity index is 1.04. The van der Waals surface area contributed by atoms with Gasteiger partial charge in [0.1, 0.15) is 11.3 Å². The Kier molecular flexibility index (Phi) is 7.85. The molecule has 254 valence electrons. The van der Waals surface area contributed by atoms with Gasteiger partial charge in [0, 0.05) is 28.0 Å². The lowest BCUT2D eigenvalue weighted by atomic mass is 9.97. The fourth-order valence-corrected chi connectivity index (χ4v) is 7.74. The zero-order valence-corrected chi connectivity index (χ0v) is 29.6. The molecule has 0 N–H and O–H groups in total. The fourth-order valence-electron chi connectivity index (χ4n) is 7.74. The second-order valence-electron chi connectivity index (χ2n) is 13.8. The lowest BCUT2D eigenvalue weighted by Gasteiger charge is -2.26. The summed E-state index contributed by atoms with van der Waals surface area (Å²) >= 11 is 0. The summed E-state index contributed by atoms with van der Waals surface area (Å²) in [6, 6.07) is 75.9. The summed E-state index contributed by atoms with van der Waals surface area (Å²) in [4.78, 5) is 2.34. The first-order valence-electron chi connectivity index (χ1n) is 18.4. The molecule has 0 fully saturated rings. The first kappa shape index (κ1) is 31.6. The summed E-state index contributed by atoms with van der Waals surface area (Å²) < 4.78 is 6.31. The van der Waals surface area contributed by atoms with Crippen molar-refractivity contribution < 1.29 is 4.42 Å². The molecular weight excluding hydrogens is 655 g/mol. The van der Waals surface area contributed by atoms with Crippen molar-refractivity contribution in [2.45, 2.75) is 0 Å². The number of rotatable bonds is 7. The van der Waals surface area contributed by atoms with Crippen LogP contribution >= 0.6 is 0 Å². The molecule has 0 aliphatic rings. The maximum Gasteiger partial charge on any atom is 0.136 e. The van der Waals surface area contributed by atoms with Gasteiger partial charge < -0.3 is 9.32 Å². The van der Waals surface area contributed by atoms with E-state index in [0.29, 0.717) is 0 Å². The van der Waals surface area contributed by atoms with E-state index in [4.69, 9.17) is 4.42 Å². The van der Waals surface area contributed by atoms with E-state index in [1.54, 1.807) is 0 Å². The molecule has 10 rings (SSSR count). The third-order valence-electron chi connectivity index (χ3n) is 10.5. The van der Waals surface area contributed by atoms with Crippen LogP contribution in [0.2, 0.25) is 0 Å². The molecule has 0 unspecified atom stereocenters. The van der Waals surface area contributed by atoms with Crippen molar-refractivity contribution in [3.8, 4) is 44.7 Å². The zero-order valence-electron chi connectivity index (χ0n) is 29.6. The minimum Gasteiger partial charge on any atom is -0.456 e. The van der Waals surface area contributed by atoms with Crippen LogP contribution in [0.1, 0.15) is 0 Å². The Labute approximate surface area is 314 Å². The Morgan fingerprint density at radius 1 is 0.296 bits per heavy atom. The average Bonchev–Trinajstić information content (AvgIpc) is 3.69. The molecule has 0 saturated carbocycles. The third-order valence-corrected chi connectivity index (χ3v) is 10.5. The number of hydrogen-bond donors (Lipinski definition) is 0. The van der Waals surface area contributed by atoms with Crippen LogP contribution in [-0.4, -0.2) is 0 Å². The number of nitrogens with zero attached hydrogens (tertiary/aromatic N) is 1. The first-order valence-corrected chi connectivity index (χ1v) is 18.4. The average molecular weight is 690 g/mol. The predicted octanol–water partition coefficient (Wildman–Crippen LogP) is 14.9. The topological polar surface area (TPSA) is 16.4 Å². The van der Waals surface area contributed by atoms with Crippen molar-refractivity contribution >= 4 is 49.6 Å². The van der Waals surface area contributed by atoms with Crippen LogP contribution in [0.15, 0.2) is 217 Å². The van der Waals surface area contributed by atoms with Crippen LogP contribution in [0.5, 0.6) is 0 Å². The highest BCUT2D eigenvalue weighted by atomic mass is 16.3. The fraction of sp³-hybridized carbons (Fsp3) is 0. The predicted molar refractivity (Wildman–Crippen MR) is 228 cm³/mol. The molecule has 1 heterocycles. The van der Waals surface area contributed by atoms with E-state index in [1.165, 1.54) is 43.8 Å². The lowest BCUT2D eigenvalue weighted by molar-refractivity contribution is 0.632. The van der Waals surface area contributed by atoms with E-state index in [-0.39, 0.29) is 0 Å². The molecule has 0 aliphatic carbocycles. The summed E-state index contributed by atoms with van der Waals surface area (Å²) in [5.41, 5.74) is 12.3. The summed E-state index contributed by atoms with van der Waals surface area (Å²) in [6.45, 7) is 0. The summed E-state index contributed by atoms with van der Waals surface area (Å²) in [5, 5.41) is 6.10. The zero-order chi connectivity index (χ0) is 35.8. The van der Waals surface area contributed by atoms with E-state index < -0.39 is 0 Å². The highest BCUT2D eigenvalue weighted by molar-refractivity contribution is 5.97.